The molecule has 0 radical (unpaired) electrons. The summed E-state index contributed by atoms with van der Waals surface area (Å²) in [6, 6.07) is 6.28. The third-order valence-corrected chi connectivity index (χ3v) is 6.64. The molecule has 3 heterocycles. The van der Waals surface area contributed by atoms with Gasteiger partial charge in [0.25, 0.3) is 0 Å². The van der Waals surface area contributed by atoms with Crippen LogP contribution in [0.15, 0.2) is 28.2 Å². The molecule has 1 aliphatic carbocycles. The number of aliphatic imine (C=N–C) groups is 2. The molecule has 0 saturated heterocycles. The van der Waals surface area contributed by atoms with Crippen LogP contribution in [0.2, 0.25) is 0 Å². The van der Waals surface area contributed by atoms with Crippen LogP contribution >= 0.6 is 11.3 Å². The molecule has 1 fully saturated rings. The zero-order valence-electron chi connectivity index (χ0n) is 16.5. The summed E-state index contributed by atoms with van der Waals surface area (Å²) in [6.07, 6.45) is 5.20. The van der Waals surface area contributed by atoms with Gasteiger partial charge in [-0.2, -0.15) is 14.6 Å². The standard InChI is InChI=1S/C19H23N9S/c1-11-6-7-13(15-26-28-12(2)24-25-18(28)29-15)10-14(11)27-17(21)22-16(20)23-19(27)8-4-3-5-9-19/h6-7,10H,3-5,8-9H2,1-2H3,(H4,20,21,22,23). The maximum atomic E-state index is 6.41. The van der Waals surface area contributed by atoms with Gasteiger partial charge in [0.1, 0.15) is 10.7 Å². The number of guanidine groups is 2. The van der Waals surface area contributed by atoms with Crippen LogP contribution in [0, 0.1) is 13.8 Å². The number of hydrogen-bond acceptors (Lipinski definition) is 9. The highest BCUT2D eigenvalue weighted by Gasteiger charge is 2.43. The van der Waals surface area contributed by atoms with E-state index in [1.54, 1.807) is 4.52 Å². The largest absolute Gasteiger partial charge is 0.369 e. The van der Waals surface area contributed by atoms with Gasteiger partial charge in [0.05, 0.1) is 0 Å². The van der Waals surface area contributed by atoms with E-state index in [0.29, 0.717) is 5.96 Å². The summed E-state index contributed by atoms with van der Waals surface area (Å²) < 4.78 is 1.77. The quantitative estimate of drug-likeness (QED) is 0.670. The average molecular weight is 410 g/mol. The number of benzene rings is 1. The minimum atomic E-state index is -0.463. The fraction of sp³-hybridized carbons (Fsp3) is 0.421. The maximum absolute atomic E-state index is 6.41. The maximum Gasteiger partial charge on any atom is 0.234 e. The summed E-state index contributed by atoms with van der Waals surface area (Å²) in [4.78, 5) is 11.9. The lowest BCUT2D eigenvalue weighted by molar-refractivity contribution is 0.305. The minimum absolute atomic E-state index is 0.263. The van der Waals surface area contributed by atoms with Crippen molar-refractivity contribution >= 4 is 33.9 Å². The van der Waals surface area contributed by atoms with Crippen LogP contribution in [0.1, 0.15) is 43.5 Å². The van der Waals surface area contributed by atoms with Gasteiger partial charge in [0.2, 0.25) is 16.9 Å². The van der Waals surface area contributed by atoms with Crippen LogP contribution in [0.3, 0.4) is 0 Å². The molecular weight excluding hydrogens is 386 g/mol. The summed E-state index contributed by atoms with van der Waals surface area (Å²) in [5.74, 6) is 1.43. The molecule has 1 aliphatic heterocycles. The second-order valence-electron chi connectivity index (χ2n) is 7.67. The van der Waals surface area contributed by atoms with Gasteiger partial charge in [-0.05, 0) is 51.2 Å². The summed E-state index contributed by atoms with van der Waals surface area (Å²) in [5, 5.41) is 13.8. The van der Waals surface area contributed by atoms with Crippen LogP contribution < -0.4 is 16.4 Å². The number of rotatable bonds is 2. The van der Waals surface area contributed by atoms with Crippen molar-refractivity contribution in [1.82, 2.24) is 19.8 Å². The van der Waals surface area contributed by atoms with E-state index in [0.717, 1.165) is 58.3 Å². The van der Waals surface area contributed by atoms with Gasteiger partial charge in [0, 0.05) is 11.3 Å². The average Bonchev–Trinajstić information content (AvgIpc) is 3.25. The summed E-state index contributed by atoms with van der Waals surface area (Å²) in [7, 11) is 0. The molecule has 2 aromatic heterocycles. The highest BCUT2D eigenvalue weighted by Crippen LogP contribution is 2.41. The van der Waals surface area contributed by atoms with Gasteiger partial charge >= 0.3 is 0 Å². The fourth-order valence-electron chi connectivity index (χ4n) is 4.28. The van der Waals surface area contributed by atoms with E-state index in [1.165, 1.54) is 17.8 Å². The highest BCUT2D eigenvalue weighted by atomic mass is 32.1. The summed E-state index contributed by atoms with van der Waals surface area (Å²) in [6.45, 7) is 3.97. The summed E-state index contributed by atoms with van der Waals surface area (Å²) >= 11 is 1.51. The van der Waals surface area contributed by atoms with Crippen LogP contribution in [-0.2, 0) is 0 Å². The van der Waals surface area contributed by atoms with Gasteiger partial charge in [-0.1, -0.05) is 29.9 Å². The van der Waals surface area contributed by atoms with Gasteiger partial charge in [0.15, 0.2) is 5.82 Å². The molecule has 0 atom stereocenters. The molecule has 9 nitrogen and oxygen atoms in total. The van der Waals surface area contributed by atoms with Crippen molar-refractivity contribution in [3.8, 4) is 10.6 Å². The van der Waals surface area contributed by atoms with E-state index in [1.807, 2.05) is 6.92 Å². The molecule has 0 bridgehead atoms. The number of nitrogens with two attached hydrogens (primary N) is 2. The lowest BCUT2D eigenvalue weighted by atomic mass is 9.87. The Labute approximate surface area is 172 Å². The van der Waals surface area contributed by atoms with E-state index >= 15 is 0 Å². The van der Waals surface area contributed by atoms with Crippen molar-refractivity contribution in [3.63, 3.8) is 0 Å². The zero-order chi connectivity index (χ0) is 20.2. The zero-order valence-corrected chi connectivity index (χ0v) is 17.3. The first-order chi connectivity index (χ1) is 14.0. The third kappa shape index (κ3) is 2.86. The van der Waals surface area contributed by atoms with Gasteiger partial charge in [-0.25, -0.2) is 4.99 Å². The van der Waals surface area contributed by atoms with Crippen LogP contribution in [-0.4, -0.2) is 37.4 Å². The van der Waals surface area contributed by atoms with E-state index in [2.05, 4.69) is 50.3 Å². The molecule has 29 heavy (non-hydrogen) atoms. The Morgan fingerprint density at radius 2 is 1.86 bits per heavy atom. The predicted octanol–water partition coefficient (Wildman–Crippen LogP) is 2.58. The Balaban J connectivity index is 1.63. The van der Waals surface area contributed by atoms with E-state index in [-0.39, 0.29) is 5.96 Å². The lowest BCUT2D eigenvalue weighted by Crippen LogP contribution is -2.58. The Morgan fingerprint density at radius 3 is 2.62 bits per heavy atom. The van der Waals surface area contributed by atoms with Gasteiger partial charge < -0.3 is 11.5 Å². The van der Waals surface area contributed by atoms with Crippen molar-refractivity contribution in [2.45, 2.75) is 51.6 Å². The Hall–Kier alpha value is -3.01. The van der Waals surface area contributed by atoms with Crippen molar-refractivity contribution in [3.05, 3.63) is 29.6 Å². The molecule has 3 aromatic rings. The van der Waals surface area contributed by atoms with Crippen LogP contribution in [0.25, 0.3) is 15.5 Å². The van der Waals surface area contributed by atoms with E-state index in [9.17, 15) is 0 Å². The number of aromatic nitrogens is 4. The molecule has 1 spiro atoms. The smallest absolute Gasteiger partial charge is 0.234 e. The lowest BCUT2D eigenvalue weighted by Gasteiger charge is -2.46. The second-order valence-corrected chi connectivity index (χ2v) is 8.62. The van der Waals surface area contributed by atoms with Gasteiger partial charge in [-0.15, -0.1) is 10.2 Å². The Morgan fingerprint density at radius 1 is 1.07 bits per heavy atom. The van der Waals surface area contributed by atoms with Crippen LogP contribution in [0.5, 0.6) is 0 Å². The predicted molar refractivity (Wildman–Crippen MR) is 115 cm³/mol. The molecule has 150 valence electrons. The van der Waals surface area contributed by atoms with Crippen molar-refractivity contribution in [2.24, 2.45) is 21.5 Å². The fourth-order valence-corrected chi connectivity index (χ4v) is 5.17. The third-order valence-electron chi connectivity index (χ3n) is 5.70. The second kappa shape index (κ2) is 6.51. The molecule has 5 rings (SSSR count). The molecule has 0 unspecified atom stereocenters. The summed E-state index contributed by atoms with van der Waals surface area (Å²) in [5.41, 5.74) is 15.0. The first-order valence-corrected chi connectivity index (χ1v) is 10.6. The molecule has 0 amide bonds. The van der Waals surface area contributed by atoms with Crippen molar-refractivity contribution in [2.75, 3.05) is 4.90 Å². The monoisotopic (exact) mass is 409 g/mol. The normalized spacial score (nSPS) is 18.9. The molecule has 4 N–H and O–H groups in total. The number of aryl methyl sites for hydroxylation is 2. The van der Waals surface area contributed by atoms with Crippen molar-refractivity contribution in [1.29, 1.82) is 0 Å². The first kappa shape index (κ1) is 18.0. The molecule has 10 heteroatoms. The number of nitrogens with zero attached hydrogens (tertiary/aromatic N) is 7. The molecule has 1 aromatic carbocycles. The highest BCUT2D eigenvalue weighted by molar-refractivity contribution is 7.19. The molecule has 1 saturated carbocycles. The number of hydrogen-bond donors (Lipinski definition) is 2. The number of fused-ring (bicyclic) bond motifs is 1. The van der Waals surface area contributed by atoms with E-state index in [4.69, 9.17) is 16.5 Å². The Kier molecular flexibility index (Phi) is 4.05. The SMILES string of the molecule is Cc1ccc(-c2nn3c(C)nnc3s2)cc1N1C(N)=NC(N)=NC12CCCCC2. The molecule has 2 aliphatic rings. The van der Waals surface area contributed by atoms with Gasteiger partial charge in [-0.3, -0.25) is 4.90 Å². The molecular formula is C19H23N9S. The number of anilines is 1. The van der Waals surface area contributed by atoms with Crippen LogP contribution in [0.4, 0.5) is 5.69 Å². The topological polar surface area (TPSA) is 123 Å². The Bertz CT molecular complexity index is 1150. The minimum Gasteiger partial charge on any atom is -0.369 e. The first-order valence-electron chi connectivity index (χ1n) is 9.76. The van der Waals surface area contributed by atoms with Crippen molar-refractivity contribution < 1.29 is 0 Å². The van der Waals surface area contributed by atoms with E-state index < -0.39 is 5.66 Å².